The lowest BCUT2D eigenvalue weighted by molar-refractivity contribution is -0.274. The Morgan fingerprint density at radius 2 is 1.84 bits per heavy atom. The van der Waals surface area contributed by atoms with Crippen LogP contribution in [0.1, 0.15) is 30.9 Å². The van der Waals surface area contributed by atoms with Crippen LogP contribution < -0.4 is 20.3 Å². The van der Waals surface area contributed by atoms with Gasteiger partial charge in [-0.2, -0.15) is 4.99 Å². The number of ether oxygens (including phenoxy) is 1. The molecule has 0 spiro atoms. The zero-order valence-electron chi connectivity index (χ0n) is 24.1. The van der Waals surface area contributed by atoms with E-state index < -0.39 is 12.4 Å². The molecule has 0 unspecified atom stereocenters. The molecule has 1 aliphatic rings. The van der Waals surface area contributed by atoms with Crippen LogP contribution >= 0.6 is 11.8 Å². The summed E-state index contributed by atoms with van der Waals surface area (Å²) in [5, 5.41) is 10.6. The van der Waals surface area contributed by atoms with Gasteiger partial charge in [0, 0.05) is 24.0 Å². The Bertz CT molecular complexity index is 1740. The molecular weight excluding hydrogens is 595 g/mol. The Morgan fingerprint density at radius 1 is 1.09 bits per heavy atom. The molecule has 228 valence electrons. The van der Waals surface area contributed by atoms with Gasteiger partial charge in [-0.1, -0.05) is 31.7 Å². The van der Waals surface area contributed by atoms with Crippen molar-refractivity contribution in [2.24, 2.45) is 4.99 Å². The first kappa shape index (κ1) is 30.6. The summed E-state index contributed by atoms with van der Waals surface area (Å²) in [6, 6.07) is 15.6. The van der Waals surface area contributed by atoms with Crippen LogP contribution in [0.3, 0.4) is 0 Å². The number of hydrogen-bond acceptors (Lipinski definition) is 7. The molecule has 14 heteroatoms. The topological polar surface area (TPSA) is 114 Å². The van der Waals surface area contributed by atoms with Crippen LogP contribution in [0.15, 0.2) is 72.0 Å². The second-order valence-electron chi connectivity index (χ2n) is 10.1. The summed E-state index contributed by atoms with van der Waals surface area (Å²) in [5.74, 6) is 0.198. The van der Waals surface area contributed by atoms with Crippen molar-refractivity contribution in [2.75, 3.05) is 28.3 Å². The molecule has 3 aromatic carbocycles. The van der Waals surface area contributed by atoms with Gasteiger partial charge in [0.25, 0.3) is 0 Å². The fourth-order valence-corrected chi connectivity index (χ4v) is 5.41. The molecule has 2 N–H and O–H groups in total. The molecular formula is C30H28F3N7O3S. The van der Waals surface area contributed by atoms with Gasteiger partial charge in [0.1, 0.15) is 12.1 Å². The number of alkyl halides is 3. The summed E-state index contributed by atoms with van der Waals surface area (Å²) >= 11 is 1.20. The van der Waals surface area contributed by atoms with E-state index in [1.54, 1.807) is 32.2 Å². The zero-order valence-corrected chi connectivity index (χ0v) is 25.0. The fraction of sp³-hybridized carbons (Fsp3) is 0.233. The number of carbonyl (C=O) groups is 2. The van der Waals surface area contributed by atoms with Gasteiger partial charge in [0.15, 0.2) is 11.0 Å². The molecule has 10 nitrogen and oxygen atoms in total. The number of nitrogens with one attached hydrogen (secondary N) is 2. The number of aryl methyl sites for hydroxylation is 1. The maximum absolute atomic E-state index is 13.0. The maximum atomic E-state index is 13.0. The normalized spacial score (nSPS) is 14.4. The Labute approximate surface area is 255 Å². The van der Waals surface area contributed by atoms with E-state index in [1.807, 2.05) is 32.0 Å². The Balaban J connectivity index is 1.31. The smallest absolute Gasteiger partial charge is 0.406 e. The van der Waals surface area contributed by atoms with Gasteiger partial charge in [0.05, 0.1) is 17.1 Å². The number of urea groups is 1. The number of aliphatic imine (C=N–C) groups is 1. The van der Waals surface area contributed by atoms with Crippen molar-refractivity contribution in [3.63, 3.8) is 0 Å². The monoisotopic (exact) mass is 623 g/mol. The molecule has 1 aromatic heterocycles. The van der Waals surface area contributed by atoms with Crippen molar-refractivity contribution in [1.29, 1.82) is 0 Å². The molecule has 0 atom stereocenters. The van der Waals surface area contributed by atoms with Crippen molar-refractivity contribution < 1.29 is 27.5 Å². The van der Waals surface area contributed by atoms with E-state index in [-0.39, 0.29) is 23.3 Å². The molecule has 1 fully saturated rings. The predicted molar refractivity (Wildman–Crippen MR) is 165 cm³/mol. The number of amidine groups is 1. The molecule has 0 saturated carbocycles. The van der Waals surface area contributed by atoms with Gasteiger partial charge in [-0.15, -0.1) is 18.3 Å². The highest BCUT2D eigenvalue weighted by atomic mass is 32.2. The van der Waals surface area contributed by atoms with Crippen LogP contribution in [0.4, 0.5) is 35.0 Å². The first-order valence-corrected chi connectivity index (χ1v) is 14.5. The molecule has 2 heterocycles. The average molecular weight is 624 g/mol. The minimum atomic E-state index is -4.77. The van der Waals surface area contributed by atoms with E-state index in [4.69, 9.17) is 0 Å². The summed E-state index contributed by atoms with van der Waals surface area (Å²) in [6.07, 6.45) is -3.33. The first-order valence-electron chi connectivity index (χ1n) is 13.5. The molecule has 5 rings (SSSR count). The van der Waals surface area contributed by atoms with Crippen LogP contribution in [0, 0.1) is 6.92 Å². The van der Waals surface area contributed by atoms with E-state index in [0.717, 1.165) is 16.8 Å². The minimum Gasteiger partial charge on any atom is -0.406 e. The second-order valence-corrected chi connectivity index (χ2v) is 11.0. The number of hydrogen-bond donors (Lipinski definition) is 2. The highest BCUT2D eigenvalue weighted by Gasteiger charge is 2.33. The van der Waals surface area contributed by atoms with Crippen molar-refractivity contribution in [3.05, 3.63) is 78.1 Å². The summed E-state index contributed by atoms with van der Waals surface area (Å²) in [4.78, 5) is 35.9. The summed E-state index contributed by atoms with van der Waals surface area (Å²) in [6.45, 7) is 5.88. The Kier molecular flexibility index (Phi) is 8.63. The standard InChI is InChI=1S/C30H28F3N7O3S/c1-17(2)23-11-6-20(34-4)14-25(23)40-26(41)15-44-29(40)37-28(42)36-24-12-5-19(13-18(24)3)27-35-16-39(38-27)21-7-9-22(10-8-21)43-30(31,32)33/h5-14,16-17,34H,15H2,1-4H3,(H,36,42). The molecule has 44 heavy (non-hydrogen) atoms. The fourth-order valence-electron chi connectivity index (χ4n) is 4.56. The molecule has 0 radical (unpaired) electrons. The zero-order chi connectivity index (χ0) is 31.6. The number of carbonyl (C=O) groups excluding carboxylic acids is 2. The summed E-state index contributed by atoms with van der Waals surface area (Å²) in [7, 11) is 1.80. The molecule has 0 aliphatic carbocycles. The number of rotatable bonds is 7. The van der Waals surface area contributed by atoms with Crippen molar-refractivity contribution in [2.45, 2.75) is 33.1 Å². The van der Waals surface area contributed by atoms with Gasteiger partial charge in [-0.05, 0) is 78.6 Å². The van der Waals surface area contributed by atoms with Gasteiger partial charge in [0.2, 0.25) is 5.91 Å². The number of aromatic nitrogens is 3. The van der Waals surface area contributed by atoms with Crippen LogP contribution in [-0.2, 0) is 4.79 Å². The van der Waals surface area contributed by atoms with E-state index in [2.05, 4.69) is 30.4 Å². The third kappa shape index (κ3) is 6.86. The molecule has 0 bridgehead atoms. The van der Waals surface area contributed by atoms with E-state index >= 15 is 0 Å². The van der Waals surface area contributed by atoms with E-state index in [1.165, 1.54) is 51.9 Å². The quantitative estimate of drug-likeness (QED) is 0.229. The number of benzene rings is 3. The van der Waals surface area contributed by atoms with Gasteiger partial charge in [-0.25, -0.2) is 14.5 Å². The second kappa shape index (κ2) is 12.4. The highest BCUT2D eigenvalue weighted by molar-refractivity contribution is 8.15. The van der Waals surface area contributed by atoms with Crippen molar-refractivity contribution in [3.8, 4) is 22.8 Å². The van der Waals surface area contributed by atoms with Crippen LogP contribution in [-0.4, -0.2) is 51.0 Å². The lowest BCUT2D eigenvalue weighted by Gasteiger charge is -2.22. The van der Waals surface area contributed by atoms with Gasteiger partial charge >= 0.3 is 12.4 Å². The Morgan fingerprint density at radius 3 is 2.50 bits per heavy atom. The molecule has 1 aliphatic heterocycles. The largest absolute Gasteiger partial charge is 0.573 e. The van der Waals surface area contributed by atoms with Gasteiger partial charge in [-0.3, -0.25) is 9.69 Å². The lowest BCUT2D eigenvalue weighted by Crippen LogP contribution is -2.31. The average Bonchev–Trinajstić information content (AvgIpc) is 3.60. The first-order chi connectivity index (χ1) is 20.9. The number of nitrogens with zero attached hydrogens (tertiary/aromatic N) is 5. The summed E-state index contributed by atoms with van der Waals surface area (Å²) < 4.78 is 42.6. The Hall–Kier alpha value is -4.85. The van der Waals surface area contributed by atoms with Gasteiger partial charge < -0.3 is 15.4 Å². The molecule has 3 amide bonds. The SMILES string of the molecule is CNc1ccc(C(C)C)c(N2C(=O)CSC2=NC(=O)Nc2ccc(-c3ncn(-c4ccc(OC(F)(F)F)cc4)n3)cc2C)c1. The van der Waals surface area contributed by atoms with Crippen molar-refractivity contribution >= 4 is 45.9 Å². The third-order valence-corrected chi connectivity index (χ3v) is 7.62. The van der Waals surface area contributed by atoms with E-state index in [0.29, 0.717) is 33.6 Å². The third-order valence-electron chi connectivity index (χ3n) is 6.70. The number of halogens is 3. The lowest BCUT2D eigenvalue weighted by atomic mass is 10.00. The number of amides is 3. The number of thioether (sulfide) groups is 1. The number of anilines is 3. The maximum Gasteiger partial charge on any atom is 0.573 e. The highest BCUT2D eigenvalue weighted by Crippen LogP contribution is 2.35. The van der Waals surface area contributed by atoms with E-state index in [9.17, 15) is 22.8 Å². The summed E-state index contributed by atoms with van der Waals surface area (Å²) in [5.41, 5.74) is 4.88. The molecule has 4 aromatic rings. The van der Waals surface area contributed by atoms with Crippen LogP contribution in [0.25, 0.3) is 17.1 Å². The minimum absolute atomic E-state index is 0.143. The molecule has 1 saturated heterocycles. The van der Waals surface area contributed by atoms with Crippen molar-refractivity contribution in [1.82, 2.24) is 14.8 Å². The van der Waals surface area contributed by atoms with Crippen LogP contribution in [0.5, 0.6) is 5.75 Å². The van der Waals surface area contributed by atoms with Crippen LogP contribution in [0.2, 0.25) is 0 Å². The predicted octanol–water partition coefficient (Wildman–Crippen LogP) is 6.97.